The van der Waals surface area contributed by atoms with Crippen LogP contribution in [0.3, 0.4) is 0 Å². The van der Waals surface area contributed by atoms with Gasteiger partial charge in [0.1, 0.15) is 0 Å². The second kappa shape index (κ2) is 6.98. The van der Waals surface area contributed by atoms with Gasteiger partial charge in [-0.15, -0.1) is 0 Å². The standard InChI is InChI=1S/C19H22N2O3S/c1-14(2)19(22)21-11-10-16-12-15(8-9-18(16)21)13-20-25(23,24)17-6-4-3-5-7-17/h3-9,12,14,20H,10-11,13H2,1-2H3. The lowest BCUT2D eigenvalue weighted by Crippen LogP contribution is -2.32. The van der Waals surface area contributed by atoms with E-state index in [0.29, 0.717) is 6.54 Å². The zero-order valence-electron chi connectivity index (χ0n) is 14.4. The van der Waals surface area contributed by atoms with E-state index in [1.807, 2.05) is 36.9 Å². The number of anilines is 1. The molecule has 2 aromatic carbocycles. The summed E-state index contributed by atoms with van der Waals surface area (Å²) in [6, 6.07) is 14.1. The lowest BCUT2D eigenvalue weighted by molar-refractivity contribution is -0.121. The summed E-state index contributed by atoms with van der Waals surface area (Å²) in [6.07, 6.45) is 0.799. The van der Waals surface area contributed by atoms with Crippen molar-refractivity contribution in [3.8, 4) is 0 Å². The van der Waals surface area contributed by atoms with E-state index < -0.39 is 10.0 Å². The zero-order valence-corrected chi connectivity index (χ0v) is 15.2. The molecule has 0 fully saturated rings. The Morgan fingerprint density at radius 2 is 1.88 bits per heavy atom. The first kappa shape index (κ1) is 17.6. The predicted molar refractivity (Wildman–Crippen MR) is 97.8 cm³/mol. The molecule has 0 spiro atoms. The topological polar surface area (TPSA) is 66.5 Å². The fourth-order valence-corrected chi connectivity index (χ4v) is 4.01. The second-order valence-electron chi connectivity index (χ2n) is 6.50. The molecule has 0 saturated carbocycles. The van der Waals surface area contributed by atoms with E-state index in [1.165, 1.54) is 0 Å². The molecule has 0 saturated heterocycles. The molecule has 0 bridgehead atoms. The van der Waals surface area contributed by atoms with Crippen molar-refractivity contribution in [2.24, 2.45) is 5.92 Å². The zero-order chi connectivity index (χ0) is 18.0. The number of rotatable bonds is 5. The first-order valence-corrected chi connectivity index (χ1v) is 9.85. The summed E-state index contributed by atoms with van der Waals surface area (Å²) in [7, 11) is -3.52. The minimum atomic E-state index is -3.52. The van der Waals surface area contributed by atoms with Gasteiger partial charge >= 0.3 is 0 Å². The highest BCUT2D eigenvalue weighted by molar-refractivity contribution is 7.89. The molecule has 1 aliphatic rings. The first-order valence-electron chi connectivity index (χ1n) is 8.36. The summed E-state index contributed by atoms with van der Waals surface area (Å²) in [5.74, 6) is 0.0830. The molecule has 0 radical (unpaired) electrons. The summed E-state index contributed by atoms with van der Waals surface area (Å²) in [6.45, 7) is 4.70. The quantitative estimate of drug-likeness (QED) is 0.894. The molecule has 0 atom stereocenters. The Bertz CT molecular complexity index is 877. The number of amides is 1. The van der Waals surface area contributed by atoms with Crippen molar-refractivity contribution in [3.63, 3.8) is 0 Å². The summed E-state index contributed by atoms with van der Waals surface area (Å²) in [5, 5.41) is 0. The lowest BCUT2D eigenvalue weighted by Gasteiger charge is -2.19. The van der Waals surface area contributed by atoms with Gasteiger partial charge in [-0.3, -0.25) is 4.79 Å². The monoisotopic (exact) mass is 358 g/mol. The van der Waals surface area contributed by atoms with Crippen LogP contribution in [0.25, 0.3) is 0 Å². The van der Waals surface area contributed by atoms with Gasteiger partial charge in [0.05, 0.1) is 4.90 Å². The average molecular weight is 358 g/mol. The lowest BCUT2D eigenvalue weighted by atomic mass is 10.1. The van der Waals surface area contributed by atoms with E-state index >= 15 is 0 Å². The van der Waals surface area contributed by atoms with Crippen LogP contribution in [0.2, 0.25) is 0 Å². The molecule has 132 valence electrons. The number of nitrogens with one attached hydrogen (secondary N) is 1. The molecule has 0 aliphatic carbocycles. The van der Waals surface area contributed by atoms with Crippen molar-refractivity contribution in [3.05, 3.63) is 59.7 Å². The molecule has 1 aliphatic heterocycles. The van der Waals surface area contributed by atoms with E-state index in [-0.39, 0.29) is 23.3 Å². The van der Waals surface area contributed by atoms with E-state index in [0.717, 1.165) is 23.2 Å². The van der Waals surface area contributed by atoms with Crippen molar-refractivity contribution >= 4 is 21.6 Å². The molecule has 0 aromatic heterocycles. The third kappa shape index (κ3) is 3.75. The van der Waals surface area contributed by atoms with E-state index in [2.05, 4.69) is 4.72 Å². The molecular weight excluding hydrogens is 336 g/mol. The molecule has 1 N–H and O–H groups in total. The van der Waals surface area contributed by atoms with Gasteiger partial charge in [-0.25, -0.2) is 13.1 Å². The molecular formula is C19H22N2O3S. The second-order valence-corrected chi connectivity index (χ2v) is 8.26. The number of carbonyl (C=O) groups excluding carboxylic acids is 1. The van der Waals surface area contributed by atoms with Crippen molar-refractivity contribution in [2.75, 3.05) is 11.4 Å². The Morgan fingerprint density at radius 3 is 2.56 bits per heavy atom. The molecule has 0 unspecified atom stereocenters. The van der Waals surface area contributed by atoms with Crippen LogP contribution in [-0.4, -0.2) is 20.9 Å². The van der Waals surface area contributed by atoms with Crippen LogP contribution in [0.15, 0.2) is 53.4 Å². The number of benzene rings is 2. The van der Waals surface area contributed by atoms with Crippen LogP contribution in [0.5, 0.6) is 0 Å². The summed E-state index contributed by atoms with van der Waals surface area (Å²) in [4.78, 5) is 14.3. The van der Waals surface area contributed by atoms with Crippen LogP contribution in [0, 0.1) is 5.92 Å². The van der Waals surface area contributed by atoms with Gasteiger partial charge in [0.15, 0.2) is 0 Å². The number of hydrogen-bond donors (Lipinski definition) is 1. The van der Waals surface area contributed by atoms with Crippen LogP contribution in [-0.2, 0) is 27.8 Å². The first-order chi connectivity index (χ1) is 11.9. The summed E-state index contributed by atoms with van der Waals surface area (Å²) >= 11 is 0. The highest BCUT2D eigenvalue weighted by Crippen LogP contribution is 2.30. The van der Waals surface area contributed by atoms with E-state index in [9.17, 15) is 13.2 Å². The molecule has 5 nitrogen and oxygen atoms in total. The third-order valence-electron chi connectivity index (χ3n) is 4.32. The minimum absolute atomic E-state index is 0.0386. The van der Waals surface area contributed by atoms with Gasteiger partial charge in [-0.2, -0.15) is 0 Å². The number of sulfonamides is 1. The van der Waals surface area contributed by atoms with Crippen LogP contribution in [0.1, 0.15) is 25.0 Å². The van der Waals surface area contributed by atoms with Gasteiger partial charge in [-0.1, -0.05) is 44.2 Å². The smallest absolute Gasteiger partial charge is 0.240 e. The van der Waals surface area contributed by atoms with Crippen molar-refractivity contribution < 1.29 is 13.2 Å². The fourth-order valence-electron chi connectivity index (χ4n) is 2.97. The summed E-state index contributed by atoms with van der Waals surface area (Å²) < 4.78 is 27.2. The van der Waals surface area contributed by atoms with Crippen molar-refractivity contribution in [2.45, 2.75) is 31.7 Å². The summed E-state index contributed by atoms with van der Waals surface area (Å²) in [5.41, 5.74) is 2.91. The van der Waals surface area contributed by atoms with E-state index in [1.54, 1.807) is 30.3 Å². The normalized spacial score (nSPS) is 14.0. The maximum Gasteiger partial charge on any atom is 0.240 e. The molecule has 2 aromatic rings. The van der Waals surface area contributed by atoms with Crippen molar-refractivity contribution in [1.29, 1.82) is 0 Å². The Morgan fingerprint density at radius 1 is 1.16 bits per heavy atom. The Balaban J connectivity index is 1.73. The molecule has 1 amide bonds. The molecule has 6 heteroatoms. The number of hydrogen-bond acceptors (Lipinski definition) is 3. The van der Waals surface area contributed by atoms with Gasteiger partial charge in [0.2, 0.25) is 15.9 Å². The van der Waals surface area contributed by atoms with Gasteiger partial charge in [0, 0.05) is 24.7 Å². The third-order valence-corrected chi connectivity index (χ3v) is 5.74. The van der Waals surface area contributed by atoms with Crippen LogP contribution in [0.4, 0.5) is 5.69 Å². The molecule has 1 heterocycles. The Kier molecular flexibility index (Phi) is 4.92. The van der Waals surface area contributed by atoms with Crippen molar-refractivity contribution in [1.82, 2.24) is 4.72 Å². The largest absolute Gasteiger partial charge is 0.312 e. The number of fused-ring (bicyclic) bond motifs is 1. The maximum atomic E-state index is 12.3. The molecule has 25 heavy (non-hydrogen) atoms. The predicted octanol–water partition coefficient (Wildman–Crippen LogP) is 2.71. The average Bonchev–Trinajstić information content (AvgIpc) is 3.03. The Labute approximate surface area is 148 Å². The highest BCUT2D eigenvalue weighted by Gasteiger charge is 2.26. The maximum absolute atomic E-state index is 12.3. The molecule has 3 rings (SSSR count). The minimum Gasteiger partial charge on any atom is -0.312 e. The SMILES string of the molecule is CC(C)C(=O)N1CCc2cc(CNS(=O)(=O)c3ccccc3)ccc21. The van der Waals surface area contributed by atoms with Crippen LogP contribution < -0.4 is 9.62 Å². The van der Waals surface area contributed by atoms with E-state index in [4.69, 9.17) is 0 Å². The Hall–Kier alpha value is -2.18. The van der Waals surface area contributed by atoms with Gasteiger partial charge in [0.25, 0.3) is 0 Å². The fraction of sp³-hybridized carbons (Fsp3) is 0.316. The van der Waals surface area contributed by atoms with Gasteiger partial charge < -0.3 is 4.90 Å². The van der Waals surface area contributed by atoms with Crippen LogP contribution >= 0.6 is 0 Å². The number of nitrogens with zero attached hydrogens (tertiary/aromatic N) is 1. The highest BCUT2D eigenvalue weighted by atomic mass is 32.2. The van der Waals surface area contributed by atoms with Gasteiger partial charge in [-0.05, 0) is 35.7 Å². The number of carbonyl (C=O) groups is 1.